The molecule has 2 heterocycles. The lowest BCUT2D eigenvalue weighted by Crippen LogP contribution is -2.40. The van der Waals surface area contributed by atoms with E-state index in [-0.39, 0.29) is 23.1 Å². The van der Waals surface area contributed by atoms with Crippen LogP contribution in [0.2, 0.25) is 0 Å². The lowest BCUT2D eigenvalue weighted by molar-refractivity contribution is -0.117. The fraction of sp³-hybridized carbons (Fsp3) is 0.571. The van der Waals surface area contributed by atoms with Gasteiger partial charge in [-0.1, -0.05) is 0 Å². The van der Waals surface area contributed by atoms with Gasteiger partial charge in [0.05, 0.1) is 6.33 Å². The minimum Gasteiger partial charge on any atom is -0.339 e. The van der Waals surface area contributed by atoms with Crippen LogP contribution in [0.25, 0.3) is 11.2 Å². The highest BCUT2D eigenvalue weighted by Crippen LogP contribution is 2.34. The van der Waals surface area contributed by atoms with E-state index in [0.29, 0.717) is 37.0 Å². The van der Waals surface area contributed by atoms with Gasteiger partial charge in [-0.05, 0) is 32.6 Å². The fourth-order valence-corrected chi connectivity index (χ4v) is 2.57. The van der Waals surface area contributed by atoms with Crippen molar-refractivity contribution in [3.8, 4) is 0 Å². The zero-order valence-electron chi connectivity index (χ0n) is 12.0. The first-order valence-electron chi connectivity index (χ1n) is 7.27. The molecular weight excluding hydrogens is 272 g/mol. The second-order valence-electron chi connectivity index (χ2n) is 5.60. The molecule has 1 aliphatic rings. The molecule has 2 aromatic heterocycles. The van der Waals surface area contributed by atoms with Gasteiger partial charge in [0.15, 0.2) is 5.65 Å². The number of unbranched alkanes of at least 4 members (excludes halogenated alkanes) is 1. The van der Waals surface area contributed by atoms with Gasteiger partial charge in [0.1, 0.15) is 11.3 Å². The summed E-state index contributed by atoms with van der Waals surface area (Å²) in [4.78, 5) is 42.7. The average molecular weight is 290 g/mol. The summed E-state index contributed by atoms with van der Waals surface area (Å²) in [5, 5.41) is 0. The van der Waals surface area contributed by atoms with Crippen LogP contribution in [0.4, 0.5) is 0 Å². The molecular formula is C14H18N4O3. The molecule has 0 spiro atoms. The van der Waals surface area contributed by atoms with Gasteiger partial charge >= 0.3 is 5.69 Å². The van der Waals surface area contributed by atoms with Crippen molar-refractivity contribution in [2.75, 3.05) is 0 Å². The molecule has 7 heteroatoms. The maximum Gasteiger partial charge on any atom is 0.332 e. The number of hydrogen-bond acceptors (Lipinski definition) is 4. The minimum absolute atomic E-state index is 0.127. The maximum absolute atomic E-state index is 12.5. The van der Waals surface area contributed by atoms with Crippen molar-refractivity contribution in [2.24, 2.45) is 0 Å². The molecule has 0 radical (unpaired) electrons. The zero-order valence-corrected chi connectivity index (χ0v) is 12.0. The van der Waals surface area contributed by atoms with Crippen molar-refractivity contribution in [3.63, 3.8) is 0 Å². The number of rotatable bonds is 6. The number of Topliss-reactive ketones (excluding diaryl/α,β-unsaturated/α-hetero) is 1. The SMILES string of the molecule is CC(=O)CCCCn1c(=O)c2[nH]cnc2n(C2CC2)c1=O. The Labute approximate surface area is 120 Å². The number of aromatic nitrogens is 4. The van der Waals surface area contributed by atoms with E-state index in [0.717, 1.165) is 12.8 Å². The van der Waals surface area contributed by atoms with Crippen LogP contribution in [0.5, 0.6) is 0 Å². The monoisotopic (exact) mass is 290 g/mol. The van der Waals surface area contributed by atoms with E-state index in [2.05, 4.69) is 9.97 Å². The number of ketones is 1. The van der Waals surface area contributed by atoms with Crippen molar-refractivity contribution < 1.29 is 4.79 Å². The predicted molar refractivity (Wildman–Crippen MR) is 77.4 cm³/mol. The highest BCUT2D eigenvalue weighted by Gasteiger charge is 2.29. The molecule has 3 rings (SSSR count). The van der Waals surface area contributed by atoms with Gasteiger partial charge in [-0.3, -0.25) is 13.9 Å². The Morgan fingerprint density at radius 2 is 2.14 bits per heavy atom. The minimum atomic E-state index is -0.327. The average Bonchev–Trinajstić information content (AvgIpc) is 3.14. The van der Waals surface area contributed by atoms with E-state index in [4.69, 9.17) is 0 Å². The molecule has 0 saturated heterocycles. The molecule has 7 nitrogen and oxygen atoms in total. The molecule has 0 aromatic carbocycles. The third kappa shape index (κ3) is 2.55. The van der Waals surface area contributed by atoms with Gasteiger partial charge in [0, 0.05) is 19.0 Å². The first-order chi connectivity index (χ1) is 10.1. The number of nitrogens with one attached hydrogen (secondary N) is 1. The Bertz CT molecular complexity index is 795. The first-order valence-corrected chi connectivity index (χ1v) is 7.27. The summed E-state index contributed by atoms with van der Waals surface area (Å²) >= 11 is 0. The molecule has 112 valence electrons. The second kappa shape index (κ2) is 5.31. The van der Waals surface area contributed by atoms with Gasteiger partial charge in [-0.15, -0.1) is 0 Å². The van der Waals surface area contributed by atoms with Crippen molar-refractivity contribution in [1.29, 1.82) is 0 Å². The van der Waals surface area contributed by atoms with Crippen molar-refractivity contribution in [3.05, 3.63) is 27.2 Å². The molecule has 0 aliphatic heterocycles. The summed E-state index contributed by atoms with van der Waals surface area (Å²) in [5.74, 6) is 0.127. The van der Waals surface area contributed by atoms with E-state index >= 15 is 0 Å². The molecule has 0 unspecified atom stereocenters. The predicted octanol–water partition coefficient (Wildman–Crippen LogP) is 0.980. The molecule has 2 aromatic rings. The van der Waals surface area contributed by atoms with Gasteiger partial charge in [0.25, 0.3) is 5.56 Å². The van der Waals surface area contributed by atoms with Crippen molar-refractivity contribution in [2.45, 2.75) is 51.6 Å². The van der Waals surface area contributed by atoms with Gasteiger partial charge in [-0.25, -0.2) is 9.78 Å². The lowest BCUT2D eigenvalue weighted by Gasteiger charge is -2.10. The van der Waals surface area contributed by atoms with E-state index in [1.807, 2.05) is 0 Å². The number of carbonyl (C=O) groups is 1. The standard InChI is InChI=1S/C14H18N4O3/c1-9(19)4-2-3-7-17-13(20)11-12(16-8-15-11)18(14(17)21)10-5-6-10/h8,10H,2-7H2,1H3,(H,15,16). The number of hydrogen-bond donors (Lipinski definition) is 1. The van der Waals surface area contributed by atoms with Crippen LogP contribution < -0.4 is 11.2 Å². The number of carbonyl (C=O) groups excluding carboxylic acids is 1. The maximum atomic E-state index is 12.5. The van der Waals surface area contributed by atoms with E-state index in [1.165, 1.54) is 10.9 Å². The van der Waals surface area contributed by atoms with Crippen LogP contribution >= 0.6 is 0 Å². The highest BCUT2D eigenvalue weighted by molar-refractivity contribution is 5.75. The smallest absolute Gasteiger partial charge is 0.332 e. The first kappa shape index (κ1) is 13.8. The topological polar surface area (TPSA) is 89.8 Å². The number of fused-ring (bicyclic) bond motifs is 1. The van der Waals surface area contributed by atoms with Crippen LogP contribution in [0.15, 0.2) is 15.9 Å². The molecule has 0 atom stereocenters. The number of nitrogens with zero attached hydrogens (tertiary/aromatic N) is 3. The Balaban J connectivity index is 1.96. The summed E-state index contributed by atoms with van der Waals surface area (Å²) in [6, 6.07) is 0.160. The summed E-state index contributed by atoms with van der Waals surface area (Å²) in [6.45, 7) is 1.88. The van der Waals surface area contributed by atoms with E-state index in [9.17, 15) is 14.4 Å². The van der Waals surface area contributed by atoms with Gasteiger partial charge < -0.3 is 9.78 Å². The molecule has 1 aliphatic carbocycles. The molecule has 1 fully saturated rings. The van der Waals surface area contributed by atoms with Gasteiger partial charge in [0.2, 0.25) is 0 Å². The lowest BCUT2D eigenvalue weighted by atomic mass is 10.2. The number of imidazole rings is 1. The quantitative estimate of drug-likeness (QED) is 0.803. The molecule has 0 bridgehead atoms. The Morgan fingerprint density at radius 1 is 1.38 bits per heavy atom. The van der Waals surface area contributed by atoms with Crippen molar-refractivity contribution >= 4 is 16.9 Å². The van der Waals surface area contributed by atoms with E-state index < -0.39 is 0 Å². The highest BCUT2D eigenvalue weighted by atomic mass is 16.2. The zero-order chi connectivity index (χ0) is 15.0. The second-order valence-corrected chi connectivity index (χ2v) is 5.60. The number of H-pyrrole nitrogens is 1. The largest absolute Gasteiger partial charge is 0.339 e. The summed E-state index contributed by atoms with van der Waals surface area (Å²) in [5.41, 5.74) is 0.220. The Morgan fingerprint density at radius 3 is 2.81 bits per heavy atom. The van der Waals surface area contributed by atoms with Crippen LogP contribution in [0, 0.1) is 0 Å². The van der Waals surface area contributed by atoms with Crippen LogP contribution in [0.3, 0.4) is 0 Å². The normalized spacial score (nSPS) is 14.7. The molecule has 21 heavy (non-hydrogen) atoms. The third-order valence-corrected chi connectivity index (χ3v) is 3.82. The summed E-state index contributed by atoms with van der Waals surface area (Å²) < 4.78 is 2.89. The summed E-state index contributed by atoms with van der Waals surface area (Å²) in [7, 11) is 0. The van der Waals surface area contributed by atoms with Crippen molar-refractivity contribution in [1.82, 2.24) is 19.1 Å². The van der Waals surface area contributed by atoms with Gasteiger partial charge in [-0.2, -0.15) is 0 Å². The third-order valence-electron chi connectivity index (χ3n) is 3.82. The number of aromatic amines is 1. The molecule has 1 saturated carbocycles. The van der Waals surface area contributed by atoms with E-state index in [1.54, 1.807) is 11.5 Å². The van der Waals surface area contributed by atoms with Crippen LogP contribution in [-0.4, -0.2) is 24.9 Å². The molecule has 1 N–H and O–H groups in total. The van der Waals surface area contributed by atoms with Crippen LogP contribution in [-0.2, 0) is 11.3 Å². The molecule has 0 amide bonds. The van der Waals surface area contributed by atoms with Crippen LogP contribution in [0.1, 0.15) is 45.1 Å². The fourth-order valence-electron chi connectivity index (χ4n) is 2.57. The Kier molecular flexibility index (Phi) is 3.48. The Hall–Kier alpha value is -2.18. The summed E-state index contributed by atoms with van der Waals surface area (Å²) in [6.07, 6.45) is 5.15.